The maximum Gasteiger partial charge on any atom is 0.233 e. The Kier molecular flexibility index (Phi) is 3.53. The molecule has 1 fully saturated rings. The van der Waals surface area contributed by atoms with Crippen molar-refractivity contribution in [1.29, 1.82) is 0 Å². The maximum absolute atomic E-state index is 10.8. The Morgan fingerprint density at radius 2 is 2.00 bits per heavy atom. The van der Waals surface area contributed by atoms with Crippen LogP contribution in [0.4, 0.5) is 0 Å². The van der Waals surface area contributed by atoms with Gasteiger partial charge in [0.2, 0.25) is 5.91 Å². The van der Waals surface area contributed by atoms with E-state index in [4.69, 9.17) is 5.84 Å². The third-order valence-electron chi connectivity index (χ3n) is 2.58. The van der Waals surface area contributed by atoms with E-state index in [1.807, 2.05) is 0 Å². The van der Waals surface area contributed by atoms with Gasteiger partial charge >= 0.3 is 0 Å². The van der Waals surface area contributed by atoms with Crippen LogP contribution < -0.4 is 5.84 Å². The molecule has 1 aliphatic carbocycles. The number of rotatable bonds is 2. The molecule has 1 aliphatic rings. The SMILES string of the molecule is CC(=O)N(N)CC1CCCCC1. The maximum atomic E-state index is 10.8. The first-order chi connectivity index (χ1) is 5.70. The van der Waals surface area contributed by atoms with Crippen LogP contribution in [0.25, 0.3) is 0 Å². The number of hydrogen-bond acceptors (Lipinski definition) is 2. The Balaban J connectivity index is 2.24. The van der Waals surface area contributed by atoms with Crippen LogP contribution in [0, 0.1) is 5.92 Å². The van der Waals surface area contributed by atoms with E-state index in [-0.39, 0.29) is 5.91 Å². The van der Waals surface area contributed by atoms with Crippen LogP contribution in [0.5, 0.6) is 0 Å². The fourth-order valence-electron chi connectivity index (χ4n) is 1.78. The van der Waals surface area contributed by atoms with Gasteiger partial charge in [-0.25, -0.2) is 5.84 Å². The fourth-order valence-corrected chi connectivity index (χ4v) is 1.78. The van der Waals surface area contributed by atoms with E-state index in [1.54, 1.807) is 0 Å². The number of hydrogen-bond donors (Lipinski definition) is 1. The van der Waals surface area contributed by atoms with Crippen LogP contribution in [-0.2, 0) is 4.79 Å². The lowest BCUT2D eigenvalue weighted by Crippen LogP contribution is -2.39. The standard InChI is InChI=1S/C9H18N2O/c1-8(12)11(10)7-9-5-3-2-4-6-9/h9H,2-7,10H2,1H3. The summed E-state index contributed by atoms with van der Waals surface area (Å²) in [5, 5.41) is 1.34. The van der Waals surface area contributed by atoms with Crippen molar-refractivity contribution in [3.8, 4) is 0 Å². The number of carbonyl (C=O) groups is 1. The predicted molar refractivity (Wildman–Crippen MR) is 48.1 cm³/mol. The largest absolute Gasteiger partial charge is 0.281 e. The molecule has 1 rings (SSSR count). The van der Waals surface area contributed by atoms with Gasteiger partial charge < -0.3 is 0 Å². The first-order valence-electron chi connectivity index (χ1n) is 4.73. The third kappa shape index (κ3) is 2.81. The van der Waals surface area contributed by atoms with Gasteiger partial charge in [-0.2, -0.15) is 0 Å². The van der Waals surface area contributed by atoms with Crippen molar-refractivity contribution < 1.29 is 4.79 Å². The van der Waals surface area contributed by atoms with Crippen molar-refractivity contribution in [1.82, 2.24) is 5.01 Å². The Morgan fingerprint density at radius 1 is 1.42 bits per heavy atom. The van der Waals surface area contributed by atoms with Crippen molar-refractivity contribution in [2.45, 2.75) is 39.0 Å². The molecule has 0 unspecified atom stereocenters. The molecular formula is C9H18N2O. The average molecular weight is 170 g/mol. The number of amides is 1. The van der Waals surface area contributed by atoms with E-state index in [9.17, 15) is 4.79 Å². The van der Waals surface area contributed by atoms with Crippen molar-refractivity contribution in [3.05, 3.63) is 0 Å². The molecule has 0 spiro atoms. The summed E-state index contributed by atoms with van der Waals surface area (Å²) < 4.78 is 0. The Labute approximate surface area is 73.9 Å². The summed E-state index contributed by atoms with van der Waals surface area (Å²) in [5.74, 6) is 6.15. The first kappa shape index (κ1) is 9.52. The zero-order chi connectivity index (χ0) is 8.97. The minimum Gasteiger partial charge on any atom is -0.281 e. The van der Waals surface area contributed by atoms with Gasteiger partial charge in [-0.3, -0.25) is 9.80 Å². The number of nitrogens with two attached hydrogens (primary N) is 1. The molecule has 0 aromatic rings. The number of nitrogens with zero attached hydrogens (tertiary/aromatic N) is 1. The highest BCUT2D eigenvalue weighted by molar-refractivity contribution is 5.72. The monoisotopic (exact) mass is 170 g/mol. The zero-order valence-corrected chi connectivity index (χ0v) is 7.75. The van der Waals surface area contributed by atoms with Crippen LogP contribution in [0.3, 0.4) is 0 Å². The van der Waals surface area contributed by atoms with Crippen LogP contribution in [0.1, 0.15) is 39.0 Å². The molecule has 0 aromatic heterocycles. The summed E-state index contributed by atoms with van der Waals surface area (Å²) in [6.45, 7) is 2.26. The Hall–Kier alpha value is -0.570. The lowest BCUT2D eigenvalue weighted by molar-refractivity contribution is -0.129. The van der Waals surface area contributed by atoms with E-state index < -0.39 is 0 Å². The average Bonchev–Trinajstić information content (AvgIpc) is 2.06. The van der Waals surface area contributed by atoms with Crippen LogP contribution in [0.2, 0.25) is 0 Å². The first-order valence-corrected chi connectivity index (χ1v) is 4.73. The summed E-state index contributed by atoms with van der Waals surface area (Å²) in [6.07, 6.45) is 6.43. The summed E-state index contributed by atoms with van der Waals surface area (Å²) in [4.78, 5) is 10.8. The number of carbonyl (C=O) groups excluding carboxylic acids is 1. The van der Waals surface area contributed by atoms with E-state index in [2.05, 4.69) is 0 Å². The molecule has 0 radical (unpaired) electrons. The molecule has 1 saturated carbocycles. The van der Waals surface area contributed by atoms with Gasteiger partial charge in [0.15, 0.2) is 0 Å². The van der Waals surface area contributed by atoms with Gasteiger partial charge in [0.1, 0.15) is 0 Å². The van der Waals surface area contributed by atoms with E-state index >= 15 is 0 Å². The smallest absolute Gasteiger partial charge is 0.233 e. The molecule has 3 heteroatoms. The third-order valence-corrected chi connectivity index (χ3v) is 2.58. The van der Waals surface area contributed by atoms with Gasteiger partial charge in [0.05, 0.1) is 0 Å². The minimum atomic E-state index is -0.0272. The second kappa shape index (κ2) is 4.45. The molecule has 0 aromatic carbocycles. The molecule has 0 saturated heterocycles. The van der Waals surface area contributed by atoms with E-state index in [0.717, 1.165) is 6.54 Å². The zero-order valence-electron chi connectivity index (χ0n) is 7.75. The molecule has 0 heterocycles. The Bertz CT molecular complexity index is 153. The van der Waals surface area contributed by atoms with Gasteiger partial charge in [0, 0.05) is 13.5 Å². The van der Waals surface area contributed by atoms with E-state index in [0.29, 0.717) is 5.92 Å². The predicted octanol–water partition coefficient (Wildman–Crippen LogP) is 1.29. The highest BCUT2D eigenvalue weighted by Crippen LogP contribution is 2.23. The second-order valence-electron chi connectivity index (χ2n) is 3.68. The topological polar surface area (TPSA) is 46.3 Å². The van der Waals surface area contributed by atoms with Crippen molar-refractivity contribution in [3.63, 3.8) is 0 Å². The van der Waals surface area contributed by atoms with Crippen LogP contribution >= 0.6 is 0 Å². The molecule has 1 amide bonds. The van der Waals surface area contributed by atoms with Gasteiger partial charge in [-0.15, -0.1) is 0 Å². The lowest BCUT2D eigenvalue weighted by Gasteiger charge is -2.25. The number of hydrazine groups is 1. The molecule has 3 nitrogen and oxygen atoms in total. The van der Waals surface area contributed by atoms with Gasteiger partial charge in [-0.05, 0) is 18.8 Å². The van der Waals surface area contributed by atoms with Crippen molar-refractivity contribution >= 4 is 5.91 Å². The fraction of sp³-hybridized carbons (Fsp3) is 0.889. The van der Waals surface area contributed by atoms with Gasteiger partial charge in [-0.1, -0.05) is 19.3 Å². The molecule has 12 heavy (non-hydrogen) atoms. The van der Waals surface area contributed by atoms with Crippen molar-refractivity contribution in [2.75, 3.05) is 6.54 Å². The quantitative estimate of drug-likeness (QED) is 0.385. The van der Waals surface area contributed by atoms with Crippen molar-refractivity contribution in [2.24, 2.45) is 11.8 Å². The summed E-state index contributed by atoms with van der Waals surface area (Å²) in [7, 11) is 0. The molecule has 70 valence electrons. The summed E-state index contributed by atoms with van der Waals surface area (Å²) >= 11 is 0. The minimum absolute atomic E-state index is 0.0272. The molecule has 0 atom stereocenters. The highest BCUT2D eigenvalue weighted by Gasteiger charge is 2.16. The van der Waals surface area contributed by atoms with Crippen LogP contribution in [0.15, 0.2) is 0 Å². The second-order valence-corrected chi connectivity index (χ2v) is 3.68. The van der Waals surface area contributed by atoms with E-state index in [1.165, 1.54) is 44.0 Å². The summed E-state index contributed by atoms with van der Waals surface area (Å²) in [6, 6.07) is 0. The van der Waals surface area contributed by atoms with Crippen LogP contribution in [-0.4, -0.2) is 17.5 Å². The van der Waals surface area contributed by atoms with Gasteiger partial charge in [0.25, 0.3) is 0 Å². The summed E-state index contributed by atoms with van der Waals surface area (Å²) in [5.41, 5.74) is 0. The Morgan fingerprint density at radius 3 is 2.50 bits per heavy atom. The molecule has 2 N–H and O–H groups in total. The molecular weight excluding hydrogens is 152 g/mol. The molecule has 0 aliphatic heterocycles. The molecule has 0 bridgehead atoms. The lowest BCUT2D eigenvalue weighted by atomic mass is 9.89. The highest BCUT2D eigenvalue weighted by atomic mass is 16.2. The normalized spacial score (nSPS) is 19.2.